The molecule has 0 amide bonds. The van der Waals surface area contributed by atoms with Crippen molar-refractivity contribution in [3.05, 3.63) is 29.8 Å². The van der Waals surface area contributed by atoms with Crippen LogP contribution in [0.25, 0.3) is 0 Å². The molecule has 2 unspecified atom stereocenters. The number of nitrogens with one attached hydrogen (secondary N) is 1. The highest BCUT2D eigenvalue weighted by Crippen LogP contribution is 2.22. The maximum absolute atomic E-state index is 11.3. The molecule has 1 rings (SSSR count). The maximum atomic E-state index is 11.3. The van der Waals surface area contributed by atoms with Crippen LogP contribution in [-0.4, -0.2) is 10.5 Å². The fraction of sp³-hybridized carbons (Fsp3) is 0.333. The summed E-state index contributed by atoms with van der Waals surface area (Å²) in [6, 6.07) is 7.30. The van der Waals surface area contributed by atoms with Crippen molar-refractivity contribution in [2.75, 3.05) is 6.26 Å². The van der Waals surface area contributed by atoms with Gasteiger partial charge in [0.15, 0.2) is 0 Å². The predicted octanol–water partition coefficient (Wildman–Crippen LogP) is 3.18. The van der Waals surface area contributed by atoms with E-state index in [-0.39, 0.29) is 0 Å². The predicted molar refractivity (Wildman–Crippen MR) is 58.8 cm³/mol. The van der Waals surface area contributed by atoms with Crippen molar-refractivity contribution in [2.24, 2.45) is 0 Å². The van der Waals surface area contributed by atoms with Crippen molar-refractivity contribution >= 4 is 25.7 Å². The molecule has 1 N–H and O–H groups in total. The molecule has 0 saturated heterocycles. The smallest absolute Gasteiger partial charge is 0.0696 e. The Labute approximate surface area is 87.5 Å². The number of halogens is 1. The van der Waals surface area contributed by atoms with E-state index in [1.807, 2.05) is 19.1 Å². The molecule has 0 radical (unpaired) electrons. The van der Waals surface area contributed by atoms with Gasteiger partial charge in [-0.3, -0.25) is 0 Å². The summed E-state index contributed by atoms with van der Waals surface area (Å²) in [6.07, 6.45) is 1.43. The molecule has 0 saturated carbocycles. The topological polar surface area (TPSA) is 40.9 Å². The van der Waals surface area contributed by atoms with Crippen LogP contribution < -0.4 is 0 Å². The zero-order chi connectivity index (χ0) is 10.1. The van der Waals surface area contributed by atoms with E-state index in [0.717, 1.165) is 5.56 Å². The molecule has 13 heavy (non-hydrogen) atoms. The van der Waals surface area contributed by atoms with Crippen molar-refractivity contribution < 1.29 is 4.21 Å². The fourth-order valence-corrected chi connectivity index (χ4v) is 1.95. The van der Waals surface area contributed by atoms with Crippen LogP contribution in [0.5, 0.6) is 0 Å². The molecule has 0 bridgehead atoms. The van der Waals surface area contributed by atoms with Crippen molar-refractivity contribution in [1.29, 1.82) is 4.78 Å². The van der Waals surface area contributed by atoms with E-state index in [1.54, 1.807) is 12.1 Å². The van der Waals surface area contributed by atoms with E-state index < -0.39 is 9.73 Å². The molecule has 0 aliphatic heterocycles. The highest BCUT2D eigenvalue weighted by molar-refractivity contribution is 9.09. The van der Waals surface area contributed by atoms with E-state index in [0.29, 0.717) is 9.72 Å². The summed E-state index contributed by atoms with van der Waals surface area (Å²) in [5, 5.41) is 0. The van der Waals surface area contributed by atoms with Gasteiger partial charge in [-0.2, -0.15) is 0 Å². The van der Waals surface area contributed by atoms with E-state index in [4.69, 9.17) is 4.78 Å². The largest absolute Gasteiger partial charge is 0.249 e. The van der Waals surface area contributed by atoms with Gasteiger partial charge in [-0.05, 0) is 24.6 Å². The summed E-state index contributed by atoms with van der Waals surface area (Å²) in [4.78, 5) is 0.879. The second kappa shape index (κ2) is 3.80. The van der Waals surface area contributed by atoms with Gasteiger partial charge in [0.2, 0.25) is 0 Å². The van der Waals surface area contributed by atoms with Crippen LogP contribution in [0.15, 0.2) is 29.2 Å². The van der Waals surface area contributed by atoms with Gasteiger partial charge in [0.05, 0.1) is 9.73 Å². The number of hydrogen-bond donors (Lipinski definition) is 1. The minimum atomic E-state index is -2.56. The summed E-state index contributed by atoms with van der Waals surface area (Å²) in [5.41, 5.74) is 1.13. The molecule has 0 aromatic heterocycles. The Morgan fingerprint density at radius 1 is 1.38 bits per heavy atom. The molecule has 72 valence electrons. The normalized spacial score (nSPS) is 17.8. The minimum absolute atomic E-state index is 0.292. The Kier molecular flexibility index (Phi) is 3.14. The number of rotatable bonds is 2. The van der Waals surface area contributed by atoms with Crippen LogP contribution in [0, 0.1) is 4.78 Å². The van der Waals surface area contributed by atoms with E-state index in [2.05, 4.69) is 15.9 Å². The first-order valence-electron chi connectivity index (χ1n) is 3.89. The zero-order valence-corrected chi connectivity index (χ0v) is 9.98. The second-order valence-electron chi connectivity index (χ2n) is 3.03. The van der Waals surface area contributed by atoms with E-state index >= 15 is 0 Å². The average molecular weight is 262 g/mol. The van der Waals surface area contributed by atoms with Crippen molar-refractivity contribution in [3.8, 4) is 0 Å². The first kappa shape index (κ1) is 10.7. The maximum Gasteiger partial charge on any atom is 0.0696 e. The van der Waals surface area contributed by atoms with E-state index in [9.17, 15) is 4.21 Å². The third-order valence-corrected chi connectivity index (χ3v) is 3.49. The van der Waals surface area contributed by atoms with Gasteiger partial charge in [0.1, 0.15) is 0 Å². The molecule has 0 heterocycles. The molecule has 0 aliphatic carbocycles. The lowest BCUT2D eigenvalue weighted by molar-refractivity contribution is 0.679. The summed E-state index contributed by atoms with van der Waals surface area (Å²) in [5.74, 6) is 0. The van der Waals surface area contributed by atoms with Crippen molar-refractivity contribution in [2.45, 2.75) is 16.6 Å². The van der Waals surface area contributed by atoms with Gasteiger partial charge in [-0.25, -0.2) is 8.99 Å². The molecule has 1 aromatic carbocycles. The standard InChI is InChI=1S/C9H12BrNOS/c1-7(10)8-3-5-9(6-4-8)13(2,11)12/h3-7,11H,1-2H3. The molecule has 0 fully saturated rings. The van der Waals surface area contributed by atoms with Gasteiger partial charge in [-0.1, -0.05) is 28.1 Å². The van der Waals surface area contributed by atoms with Crippen LogP contribution >= 0.6 is 15.9 Å². The van der Waals surface area contributed by atoms with Crippen LogP contribution in [0.2, 0.25) is 0 Å². The third kappa shape index (κ3) is 2.81. The van der Waals surface area contributed by atoms with E-state index in [1.165, 1.54) is 6.26 Å². The van der Waals surface area contributed by atoms with Crippen LogP contribution in [0.1, 0.15) is 17.3 Å². The highest BCUT2D eigenvalue weighted by atomic mass is 79.9. The lowest BCUT2D eigenvalue weighted by Crippen LogP contribution is -1.94. The third-order valence-electron chi connectivity index (χ3n) is 1.79. The minimum Gasteiger partial charge on any atom is -0.249 e. The zero-order valence-electron chi connectivity index (χ0n) is 7.58. The molecule has 2 nitrogen and oxygen atoms in total. The number of hydrogen-bond acceptors (Lipinski definition) is 2. The van der Waals surface area contributed by atoms with Gasteiger partial charge in [0.25, 0.3) is 0 Å². The van der Waals surface area contributed by atoms with Crippen molar-refractivity contribution in [1.82, 2.24) is 0 Å². The summed E-state index contributed by atoms with van der Waals surface area (Å²) < 4.78 is 18.7. The van der Waals surface area contributed by atoms with Gasteiger partial charge in [0, 0.05) is 16.0 Å². The molecule has 4 heteroatoms. The fourth-order valence-electron chi connectivity index (χ4n) is 0.993. The molecule has 1 aromatic rings. The van der Waals surface area contributed by atoms with Gasteiger partial charge < -0.3 is 0 Å². The molecule has 0 aliphatic rings. The monoisotopic (exact) mass is 261 g/mol. The van der Waals surface area contributed by atoms with Crippen LogP contribution in [0.4, 0.5) is 0 Å². The summed E-state index contributed by atoms with van der Waals surface area (Å²) in [6.45, 7) is 2.03. The summed E-state index contributed by atoms with van der Waals surface area (Å²) >= 11 is 3.44. The first-order valence-corrected chi connectivity index (χ1v) is 6.77. The Morgan fingerprint density at radius 2 is 1.85 bits per heavy atom. The van der Waals surface area contributed by atoms with Crippen molar-refractivity contribution in [3.63, 3.8) is 0 Å². The quantitative estimate of drug-likeness (QED) is 0.817. The Bertz CT molecular complexity index is 381. The molecular formula is C9H12BrNOS. The van der Waals surface area contributed by atoms with Crippen LogP contribution in [-0.2, 0) is 9.73 Å². The molecular weight excluding hydrogens is 250 g/mol. The highest BCUT2D eigenvalue weighted by Gasteiger charge is 2.04. The Balaban J connectivity index is 3.08. The Hall–Kier alpha value is -0.350. The lowest BCUT2D eigenvalue weighted by atomic mass is 10.2. The van der Waals surface area contributed by atoms with Crippen LogP contribution in [0.3, 0.4) is 0 Å². The summed E-state index contributed by atoms with van der Waals surface area (Å²) in [7, 11) is -2.56. The number of alkyl halides is 1. The average Bonchev–Trinajstić information content (AvgIpc) is 2.03. The second-order valence-corrected chi connectivity index (χ2v) is 6.56. The van der Waals surface area contributed by atoms with Gasteiger partial charge in [-0.15, -0.1) is 0 Å². The molecule has 0 spiro atoms. The Morgan fingerprint density at radius 3 is 2.15 bits per heavy atom. The first-order chi connectivity index (χ1) is 5.91. The SMILES string of the molecule is CC(Br)c1ccc(S(C)(=N)=O)cc1. The lowest BCUT2D eigenvalue weighted by Gasteiger charge is -2.05. The van der Waals surface area contributed by atoms with Gasteiger partial charge >= 0.3 is 0 Å². The number of benzene rings is 1. The molecule has 2 atom stereocenters.